The molecule has 2 rings (SSSR count). The number of halogens is 1. The third-order valence-electron chi connectivity index (χ3n) is 3.57. The molecule has 0 bridgehead atoms. The summed E-state index contributed by atoms with van der Waals surface area (Å²) in [4.78, 5) is 2.14. The van der Waals surface area contributed by atoms with Crippen molar-refractivity contribution < 1.29 is 9.50 Å². The van der Waals surface area contributed by atoms with Gasteiger partial charge >= 0.3 is 0 Å². The fourth-order valence-corrected chi connectivity index (χ4v) is 2.39. The van der Waals surface area contributed by atoms with Gasteiger partial charge in [-0.15, -0.1) is 0 Å². The molecule has 0 spiro atoms. The zero-order valence-electron chi connectivity index (χ0n) is 10.4. The monoisotopic (exact) mass is 248 g/mol. The molecule has 1 aromatic carbocycles. The number of hydrogen-bond acceptors (Lipinski definition) is 3. The van der Waals surface area contributed by atoms with Crippen LogP contribution < -0.4 is 0 Å². The number of nitrogens with zero attached hydrogens (tertiary/aromatic N) is 2. The lowest BCUT2D eigenvalue weighted by atomic mass is 10.0. The second-order valence-corrected chi connectivity index (χ2v) is 4.94. The van der Waals surface area contributed by atoms with E-state index >= 15 is 0 Å². The third-order valence-corrected chi connectivity index (χ3v) is 3.57. The van der Waals surface area contributed by atoms with E-state index in [1.165, 1.54) is 6.07 Å². The van der Waals surface area contributed by atoms with Crippen molar-refractivity contribution in [3.05, 3.63) is 35.1 Å². The molecule has 0 amide bonds. The molecule has 0 aliphatic carbocycles. The summed E-state index contributed by atoms with van der Waals surface area (Å²) in [5.74, 6) is -0.0408. The quantitative estimate of drug-likeness (QED) is 0.888. The van der Waals surface area contributed by atoms with Crippen LogP contribution in [0.5, 0.6) is 0 Å². The smallest absolute Gasteiger partial charge is 0.129 e. The fraction of sp³-hybridized carbons (Fsp3) is 0.500. The molecule has 96 valence electrons. The number of benzene rings is 1. The van der Waals surface area contributed by atoms with Gasteiger partial charge in [-0.2, -0.15) is 5.26 Å². The Morgan fingerprint density at radius 1 is 1.61 bits per heavy atom. The maximum atomic E-state index is 13.7. The molecule has 2 atom stereocenters. The van der Waals surface area contributed by atoms with Gasteiger partial charge < -0.3 is 5.11 Å². The molecule has 0 radical (unpaired) electrons. The summed E-state index contributed by atoms with van der Waals surface area (Å²) in [7, 11) is 0. The van der Waals surface area contributed by atoms with Gasteiger partial charge in [0, 0.05) is 18.7 Å². The predicted octanol–water partition coefficient (Wildman–Crippen LogP) is 1.90. The van der Waals surface area contributed by atoms with Gasteiger partial charge in [-0.1, -0.05) is 6.07 Å². The molecule has 18 heavy (non-hydrogen) atoms. The molecule has 2 unspecified atom stereocenters. The first kappa shape index (κ1) is 13.0. The lowest BCUT2D eigenvalue weighted by molar-refractivity contribution is 0.127. The van der Waals surface area contributed by atoms with Crippen molar-refractivity contribution in [2.24, 2.45) is 5.92 Å². The lowest BCUT2D eigenvalue weighted by Crippen LogP contribution is -2.24. The van der Waals surface area contributed by atoms with E-state index in [2.05, 4.69) is 4.90 Å². The van der Waals surface area contributed by atoms with Gasteiger partial charge in [0.15, 0.2) is 0 Å². The van der Waals surface area contributed by atoms with E-state index in [-0.39, 0.29) is 17.8 Å². The highest BCUT2D eigenvalue weighted by atomic mass is 19.1. The second-order valence-electron chi connectivity index (χ2n) is 4.94. The summed E-state index contributed by atoms with van der Waals surface area (Å²) >= 11 is 0. The zero-order valence-corrected chi connectivity index (χ0v) is 10.4. The van der Waals surface area contributed by atoms with Crippen molar-refractivity contribution >= 4 is 0 Å². The minimum Gasteiger partial charge on any atom is -0.393 e. The maximum Gasteiger partial charge on any atom is 0.129 e. The molecule has 1 heterocycles. The van der Waals surface area contributed by atoms with Crippen molar-refractivity contribution in [3.63, 3.8) is 0 Å². The molecular formula is C14H17FN2O. The van der Waals surface area contributed by atoms with Gasteiger partial charge in [-0.05, 0) is 37.9 Å². The van der Waals surface area contributed by atoms with Gasteiger partial charge in [0.05, 0.1) is 17.7 Å². The first-order valence-corrected chi connectivity index (χ1v) is 6.19. The topological polar surface area (TPSA) is 47.3 Å². The Morgan fingerprint density at radius 3 is 2.94 bits per heavy atom. The third kappa shape index (κ3) is 2.87. The Labute approximate surface area is 106 Å². The Bertz CT molecular complexity index is 467. The molecule has 1 fully saturated rings. The Balaban J connectivity index is 2.01. The largest absolute Gasteiger partial charge is 0.393 e. The van der Waals surface area contributed by atoms with Gasteiger partial charge in [0.25, 0.3) is 0 Å². The van der Waals surface area contributed by atoms with Crippen LogP contribution in [0, 0.1) is 23.1 Å². The molecule has 0 saturated carbocycles. The van der Waals surface area contributed by atoms with Crippen LogP contribution in [0.25, 0.3) is 0 Å². The zero-order chi connectivity index (χ0) is 13.1. The van der Waals surface area contributed by atoms with Crippen LogP contribution in [0.1, 0.15) is 24.5 Å². The molecule has 1 aromatic rings. The van der Waals surface area contributed by atoms with Crippen LogP contribution in [0.15, 0.2) is 18.2 Å². The number of hydrogen-bond donors (Lipinski definition) is 1. The van der Waals surface area contributed by atoms with Crippen LogP contribution >= 0.6 is 0 Å². The summed E-state index contributed by atoms with van der Waals surface area (Å²) < 4.78 is 13.7. The van der Waals surface area contributed by atoms with Gasteiger partial charge in [0.1, 0.15) is 5.82 Å². The summed E-state index contributed by atoms with van der Waals surface area (Å²) in [6, 6.07) is 6.51. The van der Waals surface area contributed by atoms with Crippen LogP contribution in [0.4, 0.5) is 4.39 Å². The lowest BCUT2D eigenvalue weighted by Gasteiger charge is -2.17. The van der Waals surface area contributed by atoms with E-state index in [0.717, 1.165) is 19.5 Å². The van der Waals surface area contributed by atoms with Crippen molar-refractivity contribution in [2.75, 3.05) is 13.1 Å². The summed E-state index contributed by atoms with van der Waals surface area (Å²) in [6.07, 6.45) is 0.649. The maximum absolute atomic E-state index is 13.7. The second kappa shape index (κ2) is 5.47. The average Bonchev–Trinajstić information content (AvgIpc) is 2.80. The van der Waals surface area contributed by atoms with E-state index in [0.29, 0.717) is 17.7 Å². The highest BCUT2D eigenvalue weighted by Crippen LogP contribution is 2.22. The Morgan fingerprint density at radius 2 is 2.39 bits per heavy atom. The standard InChI is InChI=1S/C14H17FN2O/c1-10(18)12-4-5-17(8-12)9-13-3-2-11(7-16)6-14(13)15/h2-3,6,10,12,18H,4-5,8-9H2,1H3. The highest BCUT2D eigenvalue weighted by Gasteiger charge is 2.26. The summed E-state index contributed by atoms with van der Waals surface area (Å²) in [5, 5.41) is 18.2. The van der Waals surface area contributed by atoms with E-state index < -0.39 is 0 Å². The van der Waals surface area contributed by atoms with E-state index in [4.69, 9.17) is 5.26 Å². The Hall–Kier alpha value is -1.44. The van der Waals surface area contributed by atoms with Crippen LogP contribution in [-0.4, -0.2) is 29.2 Å². The average molecular weight is 248 g/mol. The van der Waals surface area contributed by atoms with E-state index in [1.807, 2.05) is 6.07 Å². The van der Waals surface area contributed by atoms with Crippen LogP contribution in [-0.2, 0) is 6.54 Å². The first-order chi connectivity index (χ1) is 8.60. The van der Waals surface area contributed by atoms with Crippen molar-refractivity contribution in [2.45, 2.75) is 26.0 Å². The number of nitriles is 1. The number of likely N-dealkylation sites (tertiary alicyclic amines) is 1. The highest BCUT2D eigenvalue weighted by molar-refractivity contribution is 5.32. The summed E-state index contributed by atoms with van der Waals surface area (Å²) in [6.45, 7) is 4.03. The Kier molecular flexibility index (Phi) is 3.95. The predicted molar refractivity (Wildman–Crippen MR) is 66.2 cm³/mol. The number of rotatable bonds is 3. The van der Waals surface area contributed by atoms with Gasteiger partial charge in [-0.25, -0.2) is 4.39 Å². The van der Waals surface area contributed by atoms with Crippen molar-refractivity contribution in [1.29, 1.82) is 5.26 Å². The first-order valence-electron chi connectivity index (χ1n) is 6.19. The molecule has 1 saturated heterocycles. The minimum absolute atomic E-state index is 0.284. The van der Waals surface area contributed by atoms with Gasteiger partial charge in [-0.3, -0.25) is 4.90 Å². The summed E-state index contributed by atoms with van der Waals surface area (Å²) in [5.41, 5.74) is 0.958. The minimum atomic E-state index is -0.324. The normalized spacial score (nSPS) is 21.8. The molecule has 1 aliphatic heterocycles. The molecule has 1 N–H and O–H groups in total. The van der Waals surface area contributed by atoms with Crippen LogP contribution in [0.3, 0.4) is 0 Å². The molecule has 4 heteroatoms. The number of aliphatic hydroxyl groups excluding tert-OH is 1. The van der Waals surface area contributed by atoms with Gasteiger partial charge in [0.2, 0.25) is 0 Å². The van der Waals surface area contributed by atoms with Crippen molar-refractivity contribution in [1.82, 2.24) is 4.90 Å². The molecule has 0 aromatic heterocycles. The molecular weight excluding hydrogens is 231 g/mol. The van der Waals surface area contributed by atoms with Crippen molar-refractivity contribution in [3.8, 4) is 6.07 Å². The molecule has 1 aliphatic rings. The molecule has 3 nitrogen and oxygen atoms in total. The SMILES string of the molecule is CC(O)C1CCN(Cc2ccc(C#N)cc2F)C1. The van der Waals surface area contributed by atoms with E-state index in [9.17, 15) is 9.50 Å². The number of aliphatic hydroxyl groups is 1. The van der Waals surface area contributed by atoms with Crippen LogP contribution in [0.2, 0.25) is 0 Å². The fourth-order valence-electron chi connectivity index (χ4n) is 2.39. The van der Waals surface area contributed by atoms with E-state index in [1.54, 1.807) is 19.1 Å².